The van der Waals surface area contributed by atoms with E-state index in [1.165, 1.54) is 30.1 Å². The molecule has 7 nitrogen and oxygen atoms in total. The number of nitrogens with zero attached hydrogens (tertiary/aromatic N) is 1. The first-order valence-electron chi connectivity index (χ1n) is 7.64. The van der Waals surface area contributed by atoms with Crippen LogP contribution in [0.5, 0.6) is 0 Å². The molecule has 0 unspecified atom stereocenters. The summed E-state index contributed by atoms with van der Waals surface area (Å²) in [6.45, 7) is -0.221. The first kappa shape index (κ1) is 21.0. The number of rotatable bonds is 6. The Bertz CT molecular complexity index is 980. The largest absolute Gasteiger partial charge is 0.332 e. The van der Waals surface area contributed by atoms with Crippen molar-refractivity contribution in [1.82, 2.24) is 4.90 Å². The van der Waals surface area contributed by atoms with Crippen LogP contribution in [0.15, 0.2) is 42.5 Å². The first-order chi connectivity index (χ1) is 12.6. The number of benzene rings is 2. The third-order valence-electron chi connectivity index (χ3n) is 3.38. The van der Waals surface area contributed by atoms with Gasteiger partial charge in [0.05, 0.1) is 34.2 Å². The number of halogens is 2. The van der Waals surface area contributed by atoms with Crippen molar-refractivity contribution >= 4 is 56.4 Å². The second-order valence-electron chi connectivity index (χ2n) is 5.76. The minimum absolute atomic E-state index is 0.0823. The van der Waals surface area contributed by atoms with Gasteiger partial charge in [-0.2, -0.15) is 0 Å². The van der Waals surface area contributed by atoms with Crippen LogP contribution in [0.25, 0.3) is 0 Å². The molecule has 0 aromatic heterocycles. The highest BCUT2D eigenvalue weighted by atomic mass is 35.5. The Kier molecular flexibility index (Phi) is 6.69. The van der Waals surface area contributed by atoms with E-state index in [0.717, 1.165) is 6.26 Å². The molecule has 2 rings (SSSR count). The van der Waals surface area contributed by atoms with Crippen molar-refractivity contribution in [2.45, 2.75) is 0 Å². The average molecular weight is 430 g/mol. The van der Waals surface area contributed by atoms with Gasteiger partial charge in [0, 0.05) is 12.6 Å². The van der Waals surface area contributed by atoms with Gasteiger partial charge in [0.2, 0.25) is 15.9 Å². The molecule has 10 heteroatoms. The molecule has 0 spiro atoms. The van der Waals surface area contributed by atoms with Crippen LogP contribution in [0.1, 0.15) is 10.4 Å². The zero-order valence-corrected chi connectivity index (χ0v) is 16.8. The van der Waals surface area contributed by atoms with E-state index in [2.05, 4.69) is 10.0 Å². The first-order valence-corrected chi connectivity index (χ1v) is 10.3. The number of likely N-dealkylation sites (N-methyl/N-ethyl adjacent to an activating group) is 1. The number of hydrogen-bond acceptors (Lipinski definition) is 4. The normalized spacial score (nSPS) is 11.0. The van der Waals surface area contributed by atoms with Crippen molar-refractivity contribution in [3.8, 4) is 0 Å². The third-order valence-corrected chi connectivity index (χ3v) is 4.63. The van der Waals surface area contributed by atoms with Crippen molar-refractivity contribution in [2.75, 3.05) is 29.9 Å². The van der Waals surface area contributed by atoms with Crippen LogP contribution in [0.2, 0.25) is 10.0 Å². The molecule has 0 bridgehead atoms. The molecule has 0 aliphatic carbocycles. The van der Waals surface area contributed by atoms with E-state index >= 15 is 0 Å². The molecular weight excluding hydrogens is 413 g/mol. The Hall–Kier alpha value is -2.29. The fourth-order valence-electron chi connectivity index (χ4n) is 2.20. The third kappa shape index (κ3) is 6.13. The quantitative estimate of drug-likeness (QED) is 0.737. The van der Waals surface area contributed by atoms with E-state index < -0.39 is 21.8 Å². The molecule has 27 heavy (non-hydrogen) atoms. The van der Waals surface area contributed by atoms with Crippen LogP contribution in [0.4, 0.5) is 11.4 Å². The van der Waals surface area contributed by atoms with Crippen molar-refractivity contribution in [1.29, 1.82) is 0 Å². The lowest BCUT2D eigenvalue weighted by molar-refractivity contribution is -0.116. The SMILES string of the molecule is CN(CC(=O)Nc1ccccc1Cl)C(=O)c1ccc(Cl)c(NS(C)(=O)=O)c1. The minimum Gasteiger partial charge on any atom is -0.332 e. The Morgan fingerprint density at radius 2 is 1.67 bits per heavy atom. The maximum atomic E-state index is 12.5. The number of nitrogens with one attached hydrogen (secondary N) is 2. The molecule has 2 aromatic rings. The van der Waals surface area contributed by atoms with Gasteiger partial charge in [-0.05, 0) is 30.3 Å². The van der Waals surface area contributed by atoms with Crippen LogP contribution in [0.3, 0.4) is 0 Å². The van der Waals surface area contributed by atoms with E-state index in [-0.39, 0.29) is 22.8 Å². The summed E-state index contributed by atoms with van der Waals surface area (Å²) in [6, 6.07) is 10.9. The van der Waals surface area contributed by atoms with Gasteiger partial charge in [-0.25, -0.2) is 8.42 Å². The van der Waals surface area contributed by atoms with E-state index in [9.17, 15) is 18.0 Å². The lowest BCUT2D eigenvalue weighted by Crippen LogP contribution is -2.35. The zero-order valence-electron chi connectivity index (χ0n) is 14.5. The fourth-order valence-corrected chi connectivity index (χ4v) is 3.17. The maximum absolute atomic E-state index is 12.5. The summed E-state index contributed by atoms with van der Waals surface area (Å²) < 4.78 is 25.0. The van der Waals surface area contributed by atoms with Crippen LogP contribution in [0, 0.1) is 0 Å². The number of anilines is 2. The molecule has 0 fully saturated rings. The number of carbonyl (C=O) groups excluding carboxylic acids is 2. The van der Waals surface area contributed by atoms with Gasteiger partial charge in [-0.1, -0.05) is 35.3 Å². The second-order valence-corrected chi connectivity index (χ2v) is 8.32. The van der Waals surface area contributed by atoms with E-state index in [4.69, 9.17) is 23.2 Å². The molecule has 0 radical (unpaired) electrons. The molecule has 2 N–H and O–H groups in total. The van der Waals surface area contributed by atoms with Gasteiger partial charge >= 0.3 is 0 Å². The molecule has 0 aliphatic rings. The Morgan fingerprint density at radius 1 is 1.04 bits per heavy atom. The topological polar surface area (TPSA) is 95.6 Å². The highest BCUT2D eigenvalue weighted by Gasteiger charge is 2.17. The minimum atomic E-state index is -3.56. The Morgan fingerprint density at radius 3 is 2.30 bits per heavy atom. The van der Waals surface area contributed by atoms with E-state index in [1.807, 2.05) is 0 Å². The second kappa shape index (κ2) is 8.60. The summed E-state index contributed by atoms with van der Waals surface area (Å²) in [5.41, 5.74) is 0.702. The van der Waals surface area contributed by atoms with Gasteiger partial charge in [0.15, 0.2) is 0 Å². The van der Waals surface area contributed by atoms with Crippen molar-refractivity contribution < 1.29 is 18.0 Å². The number of hydrogen-bond donors (Lipinski definition) is 2. The number of sulfonamides is 1. The van der Waals surface area contributed by atoms with Gasteiger partial charge in [-0.15, -0.1) is 0 Å². The highest BCUT2D eigenvalue weighted by Crippen LogP contribution is 2.24. The van der Waals surface area contributed by atoms with Gasteiger partial charge < -0.3 is 10.2 Å². The summed E-state index contributed by atoms with van der Waals surface area (Å²) in [5, 5.41) is 3.15. The average Bonchev–Trinajstić information content (AvgIpc) is 2.57. The molecule has 2 amide bonds. The van der Waals surface area contributed by atoms with Crippen LogP contribution in [-0.2, 0) is 14.8 Å². The monoisotopic (exact) mass is 429 g/mol. The lowest BCUT2D eigenvalue weighted by atomic mass is 10.2. The number of para-hydroxylation sites is 1. The van der Waals surface area contributed by atoms with Gasteiger partial charge in [0.25, 0.3) is 5.91 Å². The van der Waals surface area contributed by atoms with Crippen LogP contribution >= 0.6 is 23.2 Å². The predicted molar refractivity (Wildman–Crippen MR) is 107 cm³/mol. The van der Waals surface area contributed by atoms with Crippen molar-refractivity contribution in [3.63, 3.8) is 0 Å². The summed E-state index contributed by atoms with van der Waals surface area (Å²) in [4.78, 5) is 25.9. The molecule has 0 atom stereocenters. The van der Waals surface area contributed by atoms with E-state index in [0.29, 0.717) is 10.7 Å². The van der Waals surface area contributed by atoms with Gasteiger partial charge in [-0.3, -0.25) is 14.3 Å². The summed E-state index contributed by atoms with van der Waals surface area (Å²) >= 11 is 11.9. The van der Waals surface area contributed by atoms with Crippen LogP contribution < -0.4 is 10.0 Å². The van der Waals surface area contributed by atoms with Crippen LogP contribution in [-0.4, -0.2) is 45.0 Å². The van der Waals surface area contributed by atoms with E-state index in [1.54, 1.807) is 24.3 Å². The standard InChI is InChI=1S/C17H17Cl2N3O4S/c1-22(10-16(23)20-14-6-4-3-5-12(14)18)17(24)11-7-8-13(19)15(9-11)21-27(2,25)26/h3-9,21H,10H2,1-2H3,(H,20,23). The fraction of sp³-hybridized carbons (Fsp3) is 0.176. The molecule has 144 valence electrons. The molecule has 2 aromatic carbocycles. The molecule has 0 saturated carbocycles. The molecule has 0 saturated heterocycles. The maximum Gasteiger partial charge on any atom is 0.254 e. The molecule has 0 aliphatic heterocycles. The lowest BCUT2D eigenvalue weighted by Gasteiger charge is -2.18. The zero-order chi connectivity index (χ0) is 20.2. The van der Waals surface area contributed by atoms with Gasteiger partial charge in [0.1, 0.15) is 0 Å². The molecule has 0 heterocycles. The van der Waals surface area contributed by atoms with Crippen molar-refractivity contribution in [2.24, 2.45) is 0 Å². The summed E-state index contributed by atoms with van der Waals surface area (Å²) in [5.74, 6) is -0.903. The molecular formula is C17H17Cl2N3O4S. The summed E-state index contributed by atoms with van der Waals surface area (Å²) in [7, 11) is -2.10. The number of carbonyl (C=O) groups is 2. The highest BCUT2D eigenvalue weighted by molar-refractivity contribution is 7.92. The Labute approximate surface area is 167 Å². The predicted octanol–water partition coefficient (Wildman–Crippen LogP) is 3.08. The number of amides is 2. The smallest absolute Gasteiger partial charge is 0.254 e. The Balaban J connectivity index is 2.09. The summed E-state index contributed by atoms with van der Waals surface area (Å²) in [6.07, 6.45) is 0.975. The van der Waals surface area contributed by atoms with Crippen molar-refractivity contribution in [3.05, 3.63) is 58.1 Å².